The lowest BCUT2D eigenvalue weighted by molar-refractivity contribution is -0.385. The van der Waals surface area contributed by atoms with Crippen molar-refractivity contribution in [1.29, 1.82) is 0 Å². The van der Waals surface area contributed by atoms with Crippen molar-refractivity contribution in [2.24, 2.45) is 0 Å². The van der Waals surface area contributed by atoms with Crippen LogP contribution in [0, 0.1) is 10.1 Å². The summed E-state index contributed by atoms with van der Waals surface area (Å²) in [6.45, 7) is 0. The second-order valence-electron chi connectivity index (χ2n) is 4.18. The number of pyridine rings is 1. The lowest BCUT2D eigenvalue weighted by Gasteiger charge is -2.08. The van der Waals surface area contributed by atoms with Crippen molar-refractivity contribution in [3.63, 3.8) is 0 Å². The average Bonchev–Trinajstić information content (AvgIpc) is 2.48. The van der Waals surface area contributed by atoms with Crippen LogP contribution in [0.1, 0.15) is 15.9 Å². The predicted octanol–water partition coefficient (Wildman–Crippen LogP) is 3.08. The number of hydrogen-bond donors (Lipinski definition) is 0. The highest BCUT2D eigenvalue weighted by Gasteiger charge is 2.22. The second-order valence-corrected chi connectivity index (χ2v) is 4.59. The molecule has 0 bridgehead atoms. The molecule has 0 radical (unpaired) electrons. The van der Waals surface area contributed by atoms with E-state index in [0.29, 0.717) is 10.6 Å². The van der Waals surface area contributed by atoms with E-state index in [-0.39, 0.29) is 29.2 Å². The Hall–Kier alpha value is -2.47. The van der Waals surface area contributed by atoms with Crippen LogP contribution in [0.25, 0.3) is 0 Å². The quantitative estimate of drug-likeness (QED) is 0.481. The topological polar surface area (TPSA) is 82.3 Å². The molecule has 108 valence electrons. The molecule has 0 fully saturated rings. The molecule has 1 aromatic heterocycles. The first kappa shape index (κ1) is 14.9. The first-order valence-electron chi connectivity index (χ1n) is 5.97. The van der Waals surface area contributed by atoms with Gasteiger partial charge in [0.25, 0.3) is 0 Å². The Kier molecular flexibility index (Phi) is 4.49. The Balaban J connectivity index is 2.38. The third-order valence-corrected chi connectivity index (χ3v) is 3.24. The van der Waals surface area contributed by atoms with Crippen LogP contribution in [0.3, 0.4) is 0 Å². The molecule has 1 heterocycles. The Labute approximate surface area is 125 Å². The number of ketones is 1. The van der Waals surface area contributed by atoms with Gasteiger partial charge in [0.15, 0.2) is 5.78 Å². The molecule has 7 heteroatoms. The lowest BCUT2D eigenvalue weighted by atomic mass is 10.0. The molecule has 21 heavy (non-hydrogen) atoms. The average molecular weight is 307 g/mol. The third kappa shape index (κ3) is 3.17. The molecule has 0 atom stereocenters. The van der Waals surface area contributed by atoms with Gasteiger partial charge in [0.05, 0.1) is 22.6 Å². The van der Waals surface area contributed by atoms with E-state index in [9.17, 15) is 14.9 Å². The number of nitro groups is 1. The van der Waals surface area contributed by atoms with Gasteiger partial charge in [0.1, 0.15) is 0 Å². The van der Waals surface area contributed by atoms with E-state index in [1.54, 1.807) is 6.07 Å². The monoisotopic (exact) mass is 306 g/mol. The second kappa shape index (κ2) is 6.32. The lowest BCUT2D eigenvalue weighted by Crippen LogP contribution is -2.08. The van der Waals surface area contributed by atoms with E-state index < -0.39 is 4.92 Å². The number of halogens is 1. The molecule has 1 aromatic carbocycles. The van der Waals surface area contributed by atoms with Crippen LogP contribution in [0.15, 0.2) is 36.7 Å². The van der Waals surface area contributed by atoms with Gasteiger partial charge in [0.2, 0.25) is 5.75 Å². The van der Waals surface area contributed by atoms with Gasteiger partial charge in [0, 0.05) is 24.9 Å². The molecule has 0 aliphatic rings. The summed E-state index contributed by atoms with van der Waals surface area (Å²) in [6, 6.07) is 5.85. The molecular weight excluding hydrogens is 296 g/mol. The molecule has 0 aliphatic carbocycles. The van der Waals surface area contributed by atoms with Gasteiger partial charge in [-0.1, -0.05) is 17.7 Å². The standard InChI is InChI=1S/C14H11ClN2O4/c1-21-14-10(3-2-4-12(14)17(19)20)13(18)7-9-5-6-16-8-11(9)15/h2-6,8H,7H2,1H3. The van der Waals surface area contributed by atoms with E-state index in [4.69, 9.17) is 16.3 Å². The maximum absolute atomic E-state index is 12.3. The minimum Gasteiger partial charge on any atom is -0.490 e. The molecule has 0 spiro atoms. The highest BCUT2D eigenvalue weighted by Crippen LogP contribution is 2.31. The number of para-hydroxylation sites is 1. The van der Waals surface area contributed by atoms with E-state index in [1.165, 1.54) is 37.7 Å². The number of rotatable bonds is 5. The number of Topliss-reactive ketones (excluding diaryl/α,β-unsaturated/α-hetero) is 1. The van der Waals surface area contributed by atoms with Crippen LogP contribution in [0.4, 0.5) is 5.69 Å². The zero-order valence-electron chi connectivity index (χ0n) is 11.1. The summed E-state index contributed by atoms with van der Waals surface area (Å²) in [5.41, 5.74) is 0.508. The van der Waals surface area contributed by atoms with Gasteiger partial charge in [-0.2, -0.15) is 0 Å². The Morgan fingerprint density at radius 2 is 2.19 bits per heavy atom. The van der Waals surface area contributed by atoms with Gasteiger partial charge in [-0.15, -0.1) is 0 Å². The van der Waals surface area contributed by atoms with Crippen LogP contribution in [-0.2, 0) is 6.42 Å². The minimum atomic E-state index is -0.588. The van der Waals surface area contributed by atoms with Crippen molar-refractivity contribution in [3.8, 4) is 5.75 Å². The molecule has 0 saturated carbocycles. The summed E-state index contributed by atoms with van der Waals surface area (Å²) in [7, 11) is 1.29. The smallest absolute Gasteiger partial charge is 0.311 e. The number of aromatic nitrogens is 1. The van der Waals surface area contributed by atoms with Gasteiger partial charge in [-0.25, -0.2) is 0 Å². The van der Waals surface area contributed by atoms with E-state index in [2.05, 4.69) is 4.98 Å². The van der Waals surface area contributed by atoms with Crippen LogP contribution in [0.5, 0.6) is 5.75 Å². The first-order valence-corrected chi connectivity index (χ1v) is 6.35. The summed E-state index contributed by atoms with van der Waals surface area (Å²) in [5, 5.41) is 11.3. The van der Waals surface area contributed by atoms with Crippen molar-refractivity contribution >= 4 is 23.1 Å². The van der Waals surface area contributed by atoms with Crippen LogP contribution >= 0.6 is 11.6 Å². The van der Waals surface area contributed by atoms with Crippen molar-refractivity contribution < 1.29 is 14.5 Å². The third-order valence-electron chi connectivity index (χ3n) is 2.90. The fourth-order valence-electron chi connectivity index (χ4n) is 1.92. The summed E-state index contributed by atoms with van der Waals surface area (Å²) < 4.78 is 5.02. The molecule has 0 amide bonds. The summed E-state index contributed by atoms with van der Waals surface area (Å²) in [6.07, 6.45) is 2.98. The number of hydrogen-bond acceptors (Lipinski definition) is 5. The number of nitrogens with zero attached hydrogens (tertiary/aromatic N) is 2. The van der Waals surface area contributed by atoms with Crippen LogP contribution in [0.2, 0.25) is 5.02 Å². The number of benzene rings is 1. The molecule has 0 N–H and O–H groups in total. The van der Waals surface area contributed by atoms with Crippen LogP contribution < -0.4 is 4.74 Å². The number of ether oxygens (including phenoxy) is 1. The largest absolute Gasteiger partial charge is 0.490 e. The Bertz CT molecular complexity index is 703. The normalized spacial score (nSPS) is 10.2. The van der Waals surface area contributed by atoms with Gasteiger partial charge in [-0.05, 0) is 17.7 Å². The summed E-state index contributed by atoms with van der Waals surface area (Å²) in [4.78, 5) is 26.5. The van der Waals surface area contributed by atoms with Crippen molar-refractivity contribution in [2.75, 3.05) is 7.11 Å². The first-order chi connectivity index (χ1) is 10.0. The van der Waals surface area contributed by atoms with Crippen LogP contribution in [-0.4, -0.2) is 22.8 Å². The van der Waals surface area contributed by atoms with E-state index in [1.807, 2.05) is 0 Å². The zero-order chi connectivity index (χ0) is 15.4. The Morgan fingerprint density at radius 3 is 2.81 bits per heavy atom. The molecule has 0 saturated heterocycles. The number of carbonyl (C=O) groups is 1. The SMILES string of the molecule is COc1c(C(=O)Cc2ccncc2Cl)cccc1[N+](=O)[O-]. The highest BCUT2D eigenvalue weighted by molar-refractivity contribution is 6.31. The molecular formula is C14H11ClN2O4. The summed E-state index contributed by atoms with van der Waals surface area (Å²) >= 11 is 5.96. The van der Waals surface area contributed by atoms with Gasteiger partial charge >= 0.3 is 5.69 Å². The molecule has 0 aliphatic heterocycles. The highest BCUT2D eigenvalue weighted by atomic mass is 35.5. The molecule has 2 rings (SSSR count). The maximum atomic E-state index is 12.3. The molecule has 6 nitrogen and oxygen atoms in total. The molecule has 2 aromatic rings. The number of nitro benzene ring substituents is 1. The minimum absolute atomic E-state index is 0.0128. The van der Waals surface area contributed by atoms with E-state index in [0.717, 1.165) is 0 Å². The Morgan fingerprint density at radius 1 is 1.43 bits per heavy atom. The van der Waals surface area contributed by atoms with E-state index >= 15 is 0 Å². The fourth-order valence-corrected chi connectivity index (χ4v) is 2.10. The summed E-state index contributed by atoms with van der Waals surface area (Å²) in [5.74, 6) is -0.360. The maximum Gasteiger partial charge on any atom is 0.311 e. The van der Waals surface area contributed by atoms with Crippen molar-refractivity contribution in [1.82, 2.24) is 4.98 Å². The molecule has 0 unspecified atom stereocenters. The zero-order valence-corrected chi connectivity index (χ0v) is 11.8. The number of methoxy groups -OCH3 is 1. The van der Waals surface area contributed by atoms with Gasteiger partial charge < -0.3 is 4.74 Å². The number of carbonyl (C=O) groups excluding carboxylic acids is 1. The van der Waals surface area contributed by atoms with Crippen molar-refractivity contribution in [3.05, 3.63) is 62.9 Å². The van der Waals surface area contributed by atoms with Gasteiger partial charge in [-0.3, -0.25) is 19.9 Å². The predicted molar refractivity (Wildman–Crippen MR) is 76.9 cm³/mol. The fraction of sp³-hybridized carbons (Fsp3) is 0.143. The van der Waals surface area contributed by atoms with Crippen molar-refractivity contribution in [2.45, 2.75) is 6.42 Å².